The molecule has 1 N–H and O–H groups in total. The molecule has 3 aliphatic heterocycles. The molecule has 3 aliphatic rings. The van der Waals surface area contributed by atoms with E-state index in [1.165, 1.54) is 0 Å². The van der Waals surface area contributed by atoms with E-state index in [2.05, 4.69) is 22.1 Å². The average Bonchev–Trinajstić information content (AvgIpc) is 3.11. The normalized spacial score (nSPS) is 20.8. The molecule has 0 saturated carbocycles. The lowest BCUT2D eigenvalue weighted by atomic mass is 10.0. The summed E-state index contributed by atoms with van der Waals surface area (Å²) in [4.78, 5) is 54.2. The fourth-order valence-electron chi connectivity index (χ4n) is 4.51. The molecule has 3 heterocycles. The number of piperazine rings is 1. The van der Waals surface area contributed by atoms with Crippen molar-refractivity contribution in [2.75, 3.05) is 32.7 Å². The van der Waals surface area contributed by atoms with Crippen molar-refractivity contribution in [1.29, 1.82) is 0 Å². The number of carbonyl (C=O) groups is 4. The van der Waals surface area contributed by atoms with Crippen molar-refractivity contribution in [3.63, 3.8) is 0 Å². The van der Waals surface area contributed by atoms with Crippen molar-refractivity contribution >= 4 is 23.8 Å². The van der Waals surface area contributed by atoms with Crippen molar-refractivity contribution in [3.8, 4) is 11.8 Å². The summed E-state index contributed by atoms with van der Waals surface area (Å²) in [5.74, 6) is 5.50. The van der Waals surface area contributed by atoms with Crippen LogP contribution in [0.15, 0.2) is 18.2 Å². The van der Waals surface area contributed by atoms with Gasteiger partial charge in [-0.3, -0.25) is 24.6 Å². The Morgan fingerprint density at radius 1 is 1.14 bits per heavy atom. The molecular weight excluding hydrogens is 448 g/mol. The molecule has 0 aliphatic carbocycles. The molecule has 2 saturated heterocycles. The number of rotatable bonds is 3. The van der Waals surface area contributed by atoms with Crippen molar-refractivity contribution in [3.05, 3.63) is 34.9 Å². The molecule has 0 bridgehead atoms. The van der Waals surface area contributed by atoms with Crippen LogP contribution in [0.2, 0.25) is 0 Å². The van der Waals surface area contributed by atoms with Crippen LogP contribution in [0.4, 0.5) is 4.79 Å². The minimum atomic E-state index is -0.613. The SMILES string of the molecule is CC(C)(C)OC(=O)N1CCN(CCC#Cc2ccc3c(c2)CN(C2CCC(=O)NC2=O)C3=O)CC1. The highest BCUT2D eigenvalue weighted by Gasteiger charge is 2.39. The summed E-state index contributed by atoms with van der Waals surface area (Å²) in [7, 11) is 0. The Balaban J connectivity index is 1.26. The smallest absolute Gasteiger partial charge is 0.410 e. The van der Waals surface area contributed by atoms with Crippen LogP contribution in [0.3, 0.4) is 0 Å². The predicted molar refractivity (Wildman–Crippen MR) is 128 cm³/mol. The molecule has 1 unspecified atom stereocenters. The van der Waals surface area contributed by atoms with Gasteiger partial charge in [-0.15, -0.1) is 0 Å². The first-order valence-electron chi connectivity index (χ1n) is 12.1. The predicted octanol–water partition coefficient (Wildman–Crippen LogP) is 1.74. The zero-order chi connectivity index (χ0) is 25.2. The molecule has 0 radical (unpaired) electrons. The highest BCUT2D eigenvalue weighted by molar-refractivity contribution is 6.05. The number of nitrogens with zero attached hydrogens (tertiary/aromatic N) is 3. The molecule has 0 spiro atoms. The van der Waals surface area contributed by atoms with Gasteiger partial charge < -0.3 is 14.5 Å². The van der Waals surface area contributed by atoms with Gasteiger partial charge >= 0.3 is 6.09 Å². The fraction of sp³-hybridized carbons (Fsp3) is 0.538. The maximum absolute atomic E-state index is 12.8. The first-order chi connectivity index (χ1) is 16.6. The van der Waals surface area contributed by atoms with Crippen LogP contribution in [0.25, 0.3) is 0 Å². The summed E-state index contributed by atoms with van der Waals surface area (Å²) >= 11 is 0. The van der Waals surface area contributed by atoms with Gasteiger partial charge in [0, 0.05) is 63.2 Å². The van der Waals surface area contributed by atoms with Gasteiger partial charge in [0.05, 0.1) is 0 Å². The molecular formula is C26H32N4O5. The van der Waals surface area contributed by atoms with E-state index in [1.807, 2.05) is 32.9 Å². The maximum atomic E-state index is 12.8. The Kier molecular flexibility index (Phi) is 7.13. The van der Waals surface area contributed by atoms with Crippen molar-refractivity contribution in [2.24, 2.45) is 0 Å². The van der Waals surface area contributed by atoms with Crippen molar-refractivity contribution in [1.82, 2.24) is 20.0 Å². The third kappa shape index (κ3) is 6.01. The Morgan fingerprint density at radius 3 is 2.57 bits per heavy atom. The van der Waals surface area contributed by atoms with Crippen molar-refractivity contribution in [2.45, 2.75) is 58.2 Å². The van der Waals surface area contributed by atoms with Crippen LogP contribution in [0.5, 0.6) is 0 Å². The van der Waals surface area contributed by atoms with Crippen LogP contribution in [0, 0.1) is 11.8 Å². The number of hydrogen-bond acceptors (Lipinski definition) is 6. The van der Waals surface area contributed by atoms with Gasteiger partial charge in [0.15, 0.2) is 0 Å². The number of hydrogen-bond donors (Lipinski definition) is 1. The van der Waals surface area contributed by atoms with E-state index in [1.54, 1.807) is 15.9 Å². The monoisotopic (exact) mass is 480 g/mol. The van der Waals surface area contributed by atoms with Gasteiger partial charge in [0.1, 0.15) is 11.6 Å². The first kappa shape index (κ1) is 24.7. The molecule has 0 aromatic heterocycles. The maximum Gasteiger partial charge on any atom is 0.410 e. The van der Waals surface area contributed by atoms with E-state index < -0.39 is 17.6 Å². The third-order valence-electron chi connectivity index (χ3n) is 6.33. The van der Waals surface area contributed by atoms with Gasteiger partial charge in [-0.05, 0) is 51.0 Å². The van der Waals surface area contributed by atoms with Gasteiger partial charge in [-0.1, -0.05) is 11.8 Å². The lowest BCUT2D eigenvalue weighted by Crippen LogP contribution is -2.52. The second-order valence-electron chi connectivity index (χ2n) is 10.1. The number of imide groups is 1. The lowest BCUT2D eigenvalue weighted by Gasteiger charge is -2.35. The second-order valence-corrected chi connectivity index (χ2v) is 10.1. The van der Waals surface area contributed by atoms with E-state index in [0.717, 1.165) is 30.8 Å². The Hall–Kier alpha value is -3.38. The van der Waals surface area contributed by atoms with E-state index in [-0.39, 0.29) is 24.3 Å². The Bertz CT molecular complexity index is 1090. The fourth-order valence-corrected chi connectivity index (χ4v) is 4.51. The zero-order valence-electron chi connectivity index (χ0n) is 20.6. The highest BCUT2D eigenvalue weighted by Crippen LogP contribution is 2.28. The van der Waals surface area contributed by atoms with Crippen LogP contribution in [0.1, 0.15) is 61.5 Å². The summed E-state index contributed by atoms with van der Waals surface area (Å²) < 4.78 is 5.44. The van der Waals surface area contributed by atoms with E-state index >= 15 is 0 Å². The zero-order valence-corrected chi connectivity index (χ0v) is 20.6. The summed E-state index contributed by atoms with van der Waals surface area (Å²) in [6, 6.07) is 4.89. The Labute approximate surface area is 205 Å². The highest BCUT2D eigenvalue weighted by atomic mass is 16.6. The second kappa shape index (κ2) is 10.1. The summed E-state index contributed by atoms with van der Waals surface area (Å²) in [6.07, 6.45) is 1.03. The number of benzene rings is 1. The number of nitrogens with one attached hydrogen (secondary N) is 1. The van der Waals surface area contributed by atoms with Crippen LogP contribution in [-0.4, -0.2) is 82.9 Å². The number of carbonyl (C=O) groups excluding carboxylic acids is 4. The molecule has 186 valence electrons. The first-order valence-corrected chi connectivity index (χ1v) is 12.1. The van der Waals surface area contributed by atoms with E-state index in [0.29, 0.717) is 38.0 Å². The lowest BCUT2D eigenvalue weighted by molar-refractivity contribution is -0.136. The summed E-state index contributed by atoms with van der Waals surface area (Å²) in [5, 5.41) is 2.32. The quantitative estimate of drug-likeness (QED) is 0.523. The Morgan fingerprint density at radius 2 is 1.89 bits per heavy atom. The van der Waals surface area contributed by atoms with Gasteiger partial charge in [-0.25, -0.2) is 4.79 Å². The van der Waals surface area contributed by atoms with Crippen LogP contribution in [-0.2, 0) is 20.9 Å². The minimum absolute atomic E-state index is 0.181. The van der Waals surface area contributed by atoms with Crippen LogP contribution >= 0.6 is 0 Å². The number of amides is 4. The molecule has 9 heteroatoms. The molecule has 9 nitrogen and oxygen atoms in total. The number of piperidine rings is 1. The number of fused-ring (bicyclic) bond motifs is 1. The molecule has 35 heavy (non-hydrogen) atoms. The van der Waals surface area contributed by atoms with Crippen LogP contribution < -0.4 is 5.32 Å². The molecule has 4 amide bonds. The number of ether oxygens (including phenoxy) is 1. The molecule has 1 aromatic rings. The van der Waals surface area contributed by atoms with Gasteiger partial charge in [-0.2, -0.15) is 0 Å². The van der Waals surface area contributed by atoms with Gasteiger partial charge in [0.25, 0.3) is 5.91 Å². The standard InChI is InChI=1S/C26H32N4O5/c1-26(2,3)35-25(34)29-14-12-28(13-15-29)11-5-4-6-18-7-8-20-19(16-18)17-30(24(20)33)21-9-10-22(31)27-23(21)32/h7-8,16,21H,5,9-15,17H2,1-3H3,(H,27,31,32). The summed E-state index contributed by atoms with van der Waals surface area (Å²) in [6.45, 7) is 9.64. The van der Waals surface area contributed by atoms with E-state index in [4.69, 9.17) is 4.74 Å². The molecule has 1 aromatic carbocycles. The molecule has 1 atom stereocenters. The summed E-state index contributed by atoms with van der Waals surface area (Å²) in [5.41, 5.74) is 1.78. The molecule has 4 rings (SSSR count). The van der Waals surface area contributed by atoms with E-state index in [9.17, 15) is 19.2 Å². The minimum Gasteiger partial charge on any atom is -0.444 e. The largest absolute Gasteiger partial charge is 0.444 e. The molecule has 2 fully saturated rings. The third-order valence-corrected chi connectivity index (χ3v) is 6.33. The van der Waals surface area contributed by atoms with Crippen molar-refractivity contribution < 1.29 is 23.9 Å². The average molecular weight is 481 g/mol. The topological polar surface area (TPSA) is 99.3 Å². The van der Waals surface area contributed by atoms with Gasteiger partial charge in [0.2, 0.25) is 11.8 Å².